The molecule has 2 atom stereocenters. The zero-order valence-electron chi connectivity index (χ0n) is 13.0. The third-order valence-electron chi connectivity index (χ3n) is 4.71. The van der Waals surface area contributed by atoms with Gasteiger partial charge in [-0.05, 0) is 37.0 Å². The summed E-state index contributed by atoms with van der Waals surface area (Å²) in [5.74, 6) is 0.164. The van der Waals surface area contributed by atoms with Gasteiger partial charge in [0.2, 0.25) is 5.95 Å². The van der Waals surface area contributed by atoms with E-state index in [1.54, 1.807) is 6.20 Å². The van der Waals surface area contributed by atoms with Gasteiger partial charge in [-0.15, -0.1) is 0 Å². The van der Waals surface area contributed by atoms with E-state index in [4.69, 9.17) is 0 Å². The minimum absolute atomic E-state index is 0.0251. The fourth-order valence-corrected chi connectivity index (χ4v) is 3.65. The molecule has 0 aromatic carbocycles. The maximum atomic E-state index is 12.9. The minimum atomic E-state index is -4.46. The van der Waals surface area contributed by atoms with Gasteiger partial charge in [-0.3, -0.25) is 4.68 Å². The summed E-state index contributed by atoms with van der Waals surface area (Å²) < 4.78 is 40.5. The predicted octanol–water partition coefficient (Wildman–Crippen LogP) is 3.05. The molecule has 2 aliphatic heterocycles. The average Bonchev–Trinajstić information content (AvgIpc) is 3.08. The van der Waals surface area contributed by atoms with Crippen LogP contribution in [0.5, 0.6) is 0 Å². The molecule has 4 heterocycles. The van der Waals surface area contributed by atoms with Crippen LogP contribution in [-0.2, 0) is 13.2 Å². The van der Waals surface area contributed by atoms with Crippen molar-refractivity contribution < 1.29 is 13.2 Å². The molecule has 0 N–H and O–H groups in total. The quantitative estimate of drug-likeness (QED) is 0.846. The summed E-state index contributed by atoms with van der Waals surface area (Å²) in [5.41, 5.74) is 1.34. The van der Waals surface area contributed by atoms with E-state index in [1.807, 2.05) is 22.7 Å². The second-order valence-corrected chi connectivity index (χ2v) is 6.18. The Morgan fingerprint density at radius 2 is 2.00 bits per heavy atom. The molecule has 1 saturated heterocycles. The number of nitrogens with zero attached hydrogens (tertiary/aromatic N) is 5. The second kappa shape index (κ2) is 5.32. The highest BCUT2D eigenvalue weighted by Crippen LogP contribution is 2.40. The largest absolute Gasteiger partial charge is 0.433 e. The highest BCUT2D eigenvalue weighted by molar-refractivity contribution is 5.68. The first-order valence-electron chi connectivity index (χ1n) is 7.81. The van der Waals surface area contributed by atoms with Crippen molar-refractivity contribution in [3.63, 3.8) is 0 Å². The first kappa shape index (κ1) is 15.2. The van der Waals surface area contributed by atoms with Crippen LogP contribution < -0.4 is 4.90 Å². The molecule has 24 heavy (non-hydrogen) atoms. The highest BCUT2D eigenvalue weighted by atomic mass is 19.4. The van der Waals surface area contributed by atoms with Crippen LogP contribution in [0.3, 0.4) is 0 Å². The number of hydrogen-bond acceptors (Lipinski definition) is 4. The lowest BCUT2D eigenvalue weighted by molar-refractivity contribution is -0.141. The topological polar surface area (TPSA) is 46.8 Å². The van der Waals surface area contributed by atoms with Crippen LogP contribution in [0.4, 0.5) is 19.1 Å². The Morgan fingerprint density at radius 3 is 2.67 bits per heavy atom. The fourth-order valence-electron chi connectivity index (χ4n) is 3.65. The van der Waals surface area contributed by atoms with Gasteiger partial charge in [0.25, 0.3) is 0 Å². The number of fused-ring (bicyclic) bond motifs is 2. The monoisotopic (exact) mass is 335 g/mol. The maximum absolute atomic E-state index is 12.9. The van der Waals surface area contributed by atoms with Gasteiger partial charge >= 0.3 is 6.18 Å². The number of alkyl halides is 3. The van der Waals surface area contributed by atoms with Crippen molar-refractivity contribution in [2.24, 2.45) is 7.05 Å². The summed E-state index contributed by atoms with van der Waals surface area (Å²) in [5, 5.41) is 4.19. The van der Waals surface area contributed by atoms with Gasteiger partial charge in [0.05, 0.1) is 11.7 Å². The van der Waals surface area contributed by atoms with Crippen molar-refractivity contribution in [3.8, 4) is 0 Å². The van der Waals surface area contributed by atoms with Gasteiger partial charge in [-0.25, -0.2) is 9.97 Å². The Kier molecular flexibility index (Phi) is 3.36. The zero-order chi connectivity index (χ0) is 16.9. The Labute approximate surface area is 136 Å². The lowest BCUT2D eigenvalue weighted by atomic mass is 9.99. The van der Waals surface area contributed by atoms with E-state index < -0.39 is 11.9 Å². The lowest BCUT2D eigenvalue weighted by Gasteiger charge is -2.34. The third kappa shape index (κ3) is 2.46. The Bertz CT molecular complexity index is 795. The molecule has 5 nitrogen and oxygen atoms in total. The van der Waals surface area contributed by atoms with E-state index in [0.717, 1.165) is 31.0 Å². The molecular weight excluding hydrogens is 319 g/mol. The van der Waals surface area contributed by atoms with Crippen LogP contribution in [0.15, 0.2) is 30.6 Å². The van der Waals surface area contributed by atoms with Crippen LogP contribution >= 0.6 is 0 Å². The van der Waals surface area contributed by atoms with Crippen LogP contribution in [0.2, 0.25) is 0 Å². The summed E-state index contributed by atoms with van der Waals surface area (Å²) in [6, 6.07) is 3.01. The molecule has 2 bridgehead atoms. The van der Waals surface area contributed by atoms with Crippen LogP contribution in [-0.4, -0.2) is 31.8 Å². The Morgan fingerprint density at radius 1 is 1.17 bits per heavy atom. The summed E-state index contributed by atoms with van der Waals surface area (Å²) in [6.45, 7) is 0. The zero-order valence-corrected chi connectivity index (χ0v) is 13.0. The predicted molar refractivity (Wildman–Crippen MR) is 82.1 cm³/mol. The standard InChI is InChI=1S/C16H16F3N5/c1-23-13(4-7-21-23)10-8-11-2-3-12(9-10)24(11)15-20-6-5-14(22-15)16(17,18)19/h4-8,11-12H,2-3,9H2,1H3/t11-,12+/m1/s1. The first-order valence-corrected chi connectivity index (χ1v) is 7.81. The molecule has 0 unspecified atom stereocenters. The molecule has 0 amide bonds. The first-order chi connectivity index (χ1) is 11.4. The van der Waals surface area contributed by atoms with E-state index >= 15 is 0 Å². The van der Waals surface area contributed by atoms with Gasteiger partial charge in [-0.2, -0.15) is 18.3 Å². The normalized spacial score (nSPS) is 23.5. The van der Waals surface area contributed by atoms with Crippen LogP contribution in [0, 0.1) is 0 Å². The molecule has 4 rings (SSSR count). The van der Waals surface area contributed by atoms with Gasteiger partial charge in [0.15, 0.2) is 0 Å². The molecule has 1 fully saturated rings. The van der Waals surface area contributed by atoms with Crippen molar-refractivity contribution in [2.75, 3.05) is 4.90 Å². The number of anilines is 1. The number of aryl methyl sites for hydroxylation is 1. The van der Waals surface area contributed by atoms with Gasteiger partial charge in [0.1, 0.15) is 5.69 Å². The van der Waals surface area contributed by atoms with Crippen LogP contribution in [0.1, 0.15) is 30.7 Å². The van der Waals surface area contributed by atoms with Crippen LogP contribution in [0.25, 0.3) is 5.57 Å². The summed E-state index contributed by atoms with van der Waals surface area (Å²) in [4.78, 5) is 9.77. The molecule has 0 radical (unpaired) electrons. The van der Waals surface area contributed by atoms with Gasteiger partial charge < -0.3 is 4.90 Å². The Balaban J connectivity index is 1.68. The smallest absolute Gasteiger partial charge is 0.331 e. The van der Waals surface area contributed by atoms with E-state index in [0.29, 0.717) is 0 Å². The molecule has 2 aromatic heterocycles. The molecule has 2 aliphatic rings. The van der Waals surface area contributed by atoms with Crippen molar-refractivity contribution in [3.05, 3.63) is 42.0 Å². The van der Waals surface area contributed by atoms with E-state index in [-0.39, 0.29) is 18.0 Å². The van der Waals surface area contributed by atoms with Crippen molar-refractivity contribution in [1.82, 2.24) is 19.7 Å². The number of hydrogen-bond donors (Lipinski definition) is 0. The number of aromatic nitrogens is 4. The highest BCUT2D eigenvalue weighted by Gasteiger charge is 2.40. The average molecular weight is 335 g/mol. The molecule has 8 heteroatoms. The maximum Gasteiger partial charge on any atom is 0.433 e. The summed E-state index contributed by atoms with van der Waals surface area (Å²) in [7, 11) is 1.89. The Hall–Kier alpha value is -2.38. The van der Waals surface area contributed by atoms with Gasteiger partial charge in [0, 0.05) is 25.5 Å². The molecular formula is C16H16F3N5. The third-order valence-corrected chi connectivity index (χ3v) is 4.71. The van der Waals surface area contributed by atoms with Crippen molar-refractivity contribution in [2.45, 2.75) is 37.5 Å². The molecule has 0 saturated carbocycles. The van der Waals surface area contributed by atoms with E-state index in [1.165, 1.54) is 11.8 Å². The lowest BCUT2D eigenvalue weighted by Crippen LogP contribution is -2.40. The molecule has 2 aromatic rings. The second-order valence-electron chi connectivity index (χ2n) is 6.18. The molecule has 0 spiro atoms. The summed E-state index contributed by atoms with van der Waals surface area (Å²) >= 11 is 0. The van der Waals surface area contributed by atoms with Gasteiger partial charge in [-0.1, -0.05) is 6.08 Å². The molecule has 0 aliphatic carbocycles. The van der Waals surface area contributed by atoms with E-state index in [9.17, 15) is 13.2 Å². The van der Waals surface area contributed by atoms with Crippen molar-refractivity contribution in [1.29, 1.82) is 0 Å². The van der Waals surface area contributed by atoms with Crippen molar-refractivity contribution >= 4 is 11.5 Å². The number of rotatable bonds is 2. The fraction of sp³-hybridized carbons (Fsp3) is 0.438. The minimum Gasteiger partial charge on any atom is -0.331 e. The summed E-state index contributed by atoms with van der Waals surface area (Å²) in [6.07, 6.45) is 3.17. The number of halogens is 3. The van der Waals surface area contributed by atoms with E-state index in [2.05, 4.69) is 21.1 Å². The molecule has 126 valence electrons. The SMILES string of the molecule is Cn1nccc1C1=C[C@H]2CC[C@@H](C1)N2c1nccc(C(F)(F)F)n1.